The molecule has 1 aliphatic heterocycles. The summed E-state index contributed by atoms with van der Waals surface area (Å²) in [7, 11) is 1.86. The van der Waals surface area contributed by atoms with E-state index in [1.54, 1.807) is 4.90 Å². The van der Waals surface area contributed by atoms with Crippen molar-refractivity contribution in [1.29, 1.82) is 0 Å². The molecule has 0 N–H and O–H groups in total. The third kappa shape index (κ3) is 7.69. The summed E-state index contributed by atoms with van der Waals surface area (Å²) >= 11 is 0. The Bertz CT molecular complexity index is 1130. The number of carbonyl (C=O) groups excluding carboxylic acids is 2. The van der Waals surface area contributed by atoms with Gasteiger partial charge < -0.3 is 14.5 Å². The van der Waals surface area contributed by atoms with Gasteiger partial charge in [-0.15, -0.1) is 0 Å². The fraction of sp³-hybridized carbons (Fsp3) is 0.375. The fourth-order valence-electron chi connectivity index (χ4n) is 4.94. The number of ether oxygens (including phenoxy) is 1. The van der Waals surface area contributed by atoms with Crippen LogP contribution in [0.5, 0.6) is 5.75 Å². The molecule has 0 aliphatic carbocycles. The molecule has 0 aromatic heterocycles. The molecule has 0 spiro atoms. The second-order valence-electron chi connectivity index (χ2n) is 9.86. The zero-order valence-electron chi connectivity index (χ0n) is 21.9. The molecule has 0 bridgehead atoms. The molecule has 0 unspecified atom stereocenters. The van der Waals surface area contributed by atoms with E-state index in [0.717, 1.165) is 32.1 Å². The average molecular weight is 499 g/mol. The predicted octanol–water partition coefficient (Wildman–Crippen LogP) is 5.78. The molecule has 0 saturated carbocycles. The van der Waals surface area contributed by atoms with Gasteiger partial charge in [-0.05, 0) is 48.9 Å². The van der Waals surface area contributed by atoms with Gasteiger partial charge in [0.2, 0.25) is 5.91 Å². The summed E-state index contributed by atoms with van der Waals surface area (Å²) in [6.45, 7) is 1.76. The standard InChI is InChI=1S/C32H38N2O3/c1-33-22-12-2-3-13-23-34(31(35)21-20-26-14-6-4-7-15-26)28(24-27-16-8-5-9-17-27)25-37-30-19-11-10-18-29(30)32(33)36/h4-11,14-19,28H,2-3,12-13,20-25H2,1H3/t28-/m0/s1. The van der Waals surface area contributed by atoms with Crippen LogP contribution in [0.3, 0.4) is 0 Å². The molecule has 5 heteroatoms. The lowest BCUT2D eigenvalue weighted by atomic mass is 10.0. The Morgan fingerprint density at radius 1 is 0.811 bits per heavy atom. The molecule has 3 aromatic rings. The normalized spacial score (nSPS) is 17.4. The first-order valence-electron chi connectivity index (χ1n) is 13.5. The van der Waals surface area contributed by atoms with E-state index in [4.69, 9.17) is 4.74 Å². The molecule has 1 atom stereocenters. The number of fused-ring (bicyclic) bond motifs is 1. The second-order valence-corrected chi connectivity index (χ2v) is 9.86. The molecule has 3 aromatic carbocycles. The van der Waals surface area contributed by atoms with Crippen LogP contribution in [0.2, 0.25) is 0 Å². The minimum atomic E-state index is -0.130. The number of para-hydroxylation sites is 1. The average Bonchev–Trinajstić information content (AvgIpc) is 2.94. The number of hydrogen-bond acceptors (Lipinski definition) is 3. The van der Waals surface area contributed by atoms with Crippen LogP contribution in [0.15, 0.2) is 84.9 Å². The molecule has 1 heterocycles. The summed E-state index contributed by atoms with van der Waals surface area (Å²) in [6, 6.07) is 27.8. The Morgan fingerprint density at radius 2 is 1.43 bits per heavy atom. The number of aryl methyl sites for hydroxylation is 1. The largest absolute Gasteiger partial charge is 0.491 e. The van der Waals surface area contributed by atoms with Crippen molar-refractivity contribution in [2.24, 2.45) is 0 Å². The SMILES string of the molecule is CN1CCCCCCN(C(=O)CCc2ccccc2)[C@@H](Cc2ccccc2)COc2ccccc2C1=O. The third-order valence-electron chi connectivity index (χ3n) is 7.08. The Hall–Kier alpha value is -3.60. The molecular formula is C32H38N2O3. The van der Waals surface area contributed by atoms with Crippen LogP contribution in [0, 0.1) is 0 Å². The first-order valence-corrected chi connectivity index (χ1v) is 13.5. The molecule has 0 fully saturated rings. The van der Waals surface area contributed by atoms with Gasteiger partial charge in [0.05, 0.1) is 11.6 Å². The number of nitrogens with zero attached hydrogens (tertiary/aromatic N) is 2. The molecule has 4 rings (SSSR count). The van der Waals surface area contributed by atoms with Gasteiger partial charge in [-0.2, -0.15) is 0 Å². The minimum absolute atomic E-state index is 0.0249. The highest BCUT2D eigenvalue weighted by atomic mass is 16.5. The van der Waals surface area contributed by atoms with Gasteiger partial charge in [0, 0.05) is 26.6 Å². The number of rotatable bonds is 5. The lowest BCUT2D eigenvalue weighted by molar-refractivity contribution is -0.134. The van der Waals surface area contributed by atoms with Gasteiger partial charge in [0.1, 0.15) is 12.4 Å². The maximum Gasteiger partial charge on any atom is 0.257 e. The van der Waals surface area contributed by atoms with E-state index in [1.165, 1.54) is 11.1 Å². The maximum absolute atomic E-state index is 13.7. The lowest BCUT2D eigenvalue weighted by Gasteiger charge is -2.33. The lowest BCUT2D eigenvalue weighted by Crippen LogP contribution is -2.46. The topological polar surface area (TPSA) is 49.9 Å². The van der Waals surface area contributed by atoms with Crippen LogP contribution in [0.25, 0.3) is 0 Å². The summed E-state index contributed by atoms with van der Waals surface area (Å²) in [5, 5.41) is 0. The zero-order chi connectivity index (χ0) is 25.9. The number of benzene rings is 3. The van der Waals surface area contributed by atoms with Gasteiger partial charge >= 0.3 is 0 Å². The molecule has 1 aliphatic rings. The Labute approximate surface area is 221 Å². The number of hydrogen-bond donors (Lipinski definition) is 0. The van der Waals surface area contributed by atoms with Crippen molar-refractivity contribution in [2.75, 3.05) is 26.7 Å². The number of amides is 2. The molecule has 5 nitrogen and oxygen atoms in total. The van der Waals surface area contributed by atoms with Gasteiger partial charge in [-0.3, -0.25) is 9.59 Å². The second kappa shape index (κ2) is 13.6. The van der Waals surface area contributed by atoms with Crippen LogP contribution in [-0.4, -0.2) is 54.4 Å². The summed E-state index contributed by atoms with van der Waals surface area (Å²) in [6.07, 6.45) is 5.84. The highest BCUT2D eigenvalue weighted by molar-refractivity contribution is 5.96. The van der Waals surface area contributed by atoms with E-state index in [1.807, 2.05) is 72.6 Å². The maximum atomic E-state index is 13.7. The van der Waals surface area contributed by atoms with E-state index in [2.05, 4.69) is 24.3 Å². The Balaban J connectivity index is 1.60. The van der Waals surface area contributed by atoms with Crippen LogP contribution in [0.1, 0.15) is 53.6 Å². The van der Waals surface area contributed by atoms with Crippen molar-refractivity contribution < 1.29 is 14.3 Å². The van der Waals surface area contributed by atoms with Gasteiger partial charge in [-0.1, -0.05) is 85.6 Å². The molecule has 194 valence electrons. The summed E-state index contributed by atoms with van der Waals surface area (Å²) in [5.41, 5.74) is 2.91. The van der Waals surface area contributed by atoms with Crippen LogP contribution in [-0.2, 0) is 17.6 Å². The molecule has 37 heavy (non-hydrogen) atoms. The van der Waals surface area contributed by atoms with E-state index in [9.17, 15) is 9.59 Å². The molecule has 0 saturated heterocycles. The number of carbonyl (C=O) groups is 2. The molecule has 2 amide bonds. The highest BCUT2D eigenvalue weighted by Crippen LogP contribution is 2.23. The van der Waals surface area contributed by atoms with E-state index < -0.39 is 0 Å². The van der Waals surface area contributed by atoms with Crippen molar-refractivity contribution >= 4 is 11.8 Å². The molecular weight excluding hydrogens is 460 g/mol. The van der Waals surface area contributed by atoms with Crippen LogP contribution >= 0.6 is 0 Å². The monoisotopic (exact) mass is 498 g/mol. The van der Waals surface area contributed by atoms with E-state index in [-0.39, 0.29) is 17.9 Å². The van der Waals surface area contributed by atoms with Gasteiger partial charge in [-0.25, -0.2) is 0 Å². The first-order chi connectivity index (χ1) is 18.1. The van der Waals surface area contributed by atoms with Gasteiger partial charge in [0.25, 0.3) is 5.91 Å². The van der Waals surface area contributed by atoms with Crippen molar-refractivity contribution in [2.45, 2.75) is 51.0 Å². The molecule has 0 radical (unpaired) electrons. The third-order valence-corrected chi connectivity index (χ3v) is 7.08. The fourth-order valence-corrected chi connectivity index (χ4v) is 4.94. The first kappa shape index (κ1) is 26.5. The quantitative estimate of drug-likeness (QED) is 0.448. The Morgan fingerprint density at radius 3 is 2.16 bits per heavy atom. The van der Waals surface area contributed by atoms with E-state index in [0.29, 0.717) is 43.9 Å². The van der Waals surface area contributed by atoms with Crippen LogP contribution < -0.4 is 4.74 Å². The summed E-state index contributed by atoms with van der Waals surface area (Å²) in [5.74, 6) is 0.707. The van der Waals surface area contributed by atoms with Gasteiger partial charge in [0.15, 0.2) is 0 Å². The predicted molar refractivity (Wildman–Crippen MR) is 148 cm³/mol. The van der Waals surface area contributed by atoms with Crippen molar-refractivity contribution in [3.05, 3.63) is 102 Å². The van der Waals surface area contributed by atoms with Crippen LogP contribution in [0.4, 0.5) is 0 Å². The summed E-state index contributed by atoms with van der Waals surface area (Å²) in [4.78, 5) is 30.6. The summed E-state index contributed by atoms with van der Waals surface area (Å²) < 4.78 is 6.34. The highest BCUT2D eigenvalue weighted by Gasteiger charge is 2.26. The van der Waals surface area contributed by atoms with Crippen molar-refractivity contribution in [1.82, 2.24) is 9.80 Å². The van der Waals surface area contributed by atoms with Crippen molar-refractivity contribution in [3.63, 3.8) is 0 Å². The van der Waals surface area contributed by atoms with E-state index >= 15 is 0 Å². The zero-order valence-corrected chi connectivity index (χ0v) is 21.9. The van der Waals surface area contributed by atoms with Crippen molar-refractivity contribution in [3.8, 4) is 5.75 Å². The minimum Gasteiger partial charge on any atom is -0.491 e. The Kier molecular flexibility index (Phi) is 9.75. The smallest absolute Gasteiger partial charge is 0.257 e.